The molecule has 0 radical (unpaired) electrons. The Kier molecular flexibility index (Phi) is 4.25. The standard InChI is InChI=1S/C21H20N4O3S/c26-21(23-19-8-4-5-14-11-22-10-9-16(14)19)24-20-17-12-25(13-18(17)20)29(27,28)15-6-2-1-3-7-15/h1-11,17-18,20H,12-13H2,(H2,23,24,26). The lowest BCUT2D eigenvalue weighted by molar-refractivity contribution is 0.250. The first-order valence-corrected chi connectivity index (χ1v) is 10.9. The zero-order chi connectivity index (χ0) is 20.0. The molecular formula is C21H20N4O3S. The number of piperidine rings is 1. The monoisotopic (exact) mass is 408 g/mol. The van der Waals surface area contributed by atoms with Gasteiger partial charge in [0.05, 0.1) is 10.6 Å². The Hall–Kier alpha value is -2.97. The Labute approximate surface area is 168 Å². The number of carbonyl (C=O) groups excluding carboxylic acids is 1. The van der Waals surface area contributed by atoms with Gasteiger partial charge in [0, 0.05) is 42.3 Å². The minimum atomic E-state index is -3.47. The van der Waals surface area contributed by atoms with Crippen molar-refractivity contribution in [2.45, 2.75) is 10.9 Å². The normalized spacial score (nSPS) is 23.5. The number of hydrogen-bond donors (Lipinski definition) is 2. The highest BCUT2D eigenvalue weighted by atomic mass is 32.2. The number of nitrogens with zero attached hydrogens (tertiary/aromatic N) is 2. The van der Waals surface area contributed by atoms with Crippen molar-refractivity contribution in [3.05, 3.63) is 67.0 Å². The van der Waals surface area contributed by atoms with Crippen molar-refractivity contribution >= 4 is 32.5 Å². The number of urea groups is 1. The molecule has 2 aliphatic rings. The van der Waals surface area contributed by atoms with E-state index in [2.05, 4.69) is 15.6 Å². The maximum Gasteiger partial charge on any atom is 0.319 e. The lowest BCUT2D eigenvalue weighted by atomic mass is 10.1. The van der Waals surface area contributed by atoms with Gasteiger partial charge in [-0.1, -0.05) is 30.3 Å². The number of amides is 2. The number of rotatable bonds is 4. The molecule has 2 N–H and O–H groups in total. The highest BCUT2D eigenvalue weighted by Crippen LogP contribution is 2.47. The van der Waals surface area contributed by atoms with E-state index in [1.807, 2.05) is 24.3 Å². The van der Waals surface area contributed by atoms with E-state index in [1.54, 1.807) is 42.7 Å². The Balaban J connectivity index is 1.21. The fourth-order valence-electron chi connectivity index (χ4n) is 4.18. The molecule has 1 aliphatic carbocycles. The van der Waals surface area contributed by atoms with Crippen LogP contribution >= 0.6 is 0 Å². The summed E-state index contributed by atoms with van der Waals surface area (Å²) in [6, 6.07) is 15.7. The van der Waals surface area contributed by atoms with Crippen LogP contribution in [-0.2, 0) is 10.0 Å². The summed E-state index contributed by atoms with van der Waals surface area (Å²) in [5, 5.41) is 7.78. The second kappa shape index (κ2) is 6.82. The lowest BCUT2D eigenvalue weighted by Gasteiger charge is -2.20. The highest BCUT2D eigenvalue weighted by Gasteiger charge is 2.58. The molecule has 1 saturated carbocycles. The summed E-state index contributed by atoms with van der Waals surface area (Å²) in [5.74, 6) is 0.326. The first-order valence-electron chi connectivity index (χ1n) is 9.49. The third-order valence-corrected chi connectivity index (χ3v) is 7.61. The summed E-state index contributed by atoms with van der Waals surface area (Å²) in [5.41, 5.74) is 0.724. The maximum atomic E-state index is 12.7. The molecule has 8 heteroatoms. The number of nitrogens with one attached hydrogen (secondary N) is 2. The Bertz CT molecular complexity index is 1170. The molecule has 148 valence electrons. The minimum absolute atomic E-state index is 0.00821. The largest absolute Gasteiger partial charge is 0.334 e. The quantitative estimate of drug-likeness (QED) is 0.694. The first kappa shape index (κ1) is 18.1. The molecule has 5 rings (SSSR count). The third-order valence-electron chi connectivity index (χ3n) is 5.77. The number of anilines is 1. The van der Waals surface area contributed by atoms with E-state index in [4.69, 9.17) is 0 Å². The van der Waals surface area contributed by atoms with Crippen molar-refractivity contribution in [3.63, 3.8) is 0 Å². The van der Waals surface area contributed by atoms with Crippen LogP contribution in [0.15, 0.2) is 71.9 Å². The molecule has 1 aliphatic heterocycles. The zero-order valence-corrected chi connectivity index (χ0v) is 16.3. The van der Waals surface area contributed by atoms with Gasteiger partial charge in [-0.2, -0.15) is 4.31 Å². The van der Waals surface area contributed by atoms with Gasteiger partial charge in [0.15, 0.2) is 0 Å². The minimum Gasteiger partial charge on any atom is -0.334 e. The first-order chi connectivity index (χ1) is 14.0. The summed E-state index contributed by atoms with van der Waals surface area (Å²) in [7, 11) is -3.47. The average molecular weight is 408 g/mol. The van der Waals surface area contributed by atoms with Crippen molar-refractivity contribution in [2.24, 2.45) is 11.8 Å². The fraction of sp³-hybridized carbons (Fsp3) is 0.238. The van der Waals surface area contributed by atoms with Crippen LogP contribution in [0.4, 0.5) is 10.5 Å². The van der Waals surface area contributed by atoms with Crippen LogP contribution in [0.5, 0.6) is 0 Å². The Morgan fingerprint density at radius 3 is 2.52 bits per heavy atom. The maximum absolute atomic E-state index is 12.7. The molecule has 2 heterocycles. The van der Waals surface area contributed by atoms with Crippen LogP contribution in [0.25, 0.3) is 10.8 Å². The number of sulfonamides is 1. The molecular weight excluding hydrogens is 388 g/mol. The molecule has 2 atom stereocenters. The molecule has 29 heavy (non-hydrogen) atoms. The molecule has 1 saturated heterocycles. The number of carbonyl (C=O) groups is 1. The predicted octanol–water partition coefficient (Wildman–Crippen LogP) is 2.68. The van der Waals surface area contributed by atoms with Crippen LogP contribution in [0, 0.1) is 11.8 Å². The van der Waals surface area contributed by atoms with E-state index < -0.39 is 10.0 Å². The lowest BCUT2D eigenvalue weighted by Crippen LogP contribution is -2.39. The molecule has 7 nitrogen and oxygen atoms in total. The fourth-order valence-corrected chi connectivity index (χ4v) is 5.72. The van der Waals surface area contributed by atoms with E-state index in [0.29, 0.717) is 18.0 Å². The topological polar surface area (TPSA) is 91.4 Å². The van der Waals surface area contributed by atoms with Crippen molar-refractivity contribution in [2.75, 3.05) is 18.4 Å². The summed E-state index contributed by atoms with van der Waals surface area (Å²) >= 11 is 0. The van der Waals surface area contributed by atoms with Crippen LogP contribution < -0.4 is 10.6 Å². The summed E-state index contributed by atoms with van der Waals surface area (Å²) in [6.07, 6.45) is 3.45. The van der Waals surface area contributed by atoms with Gasteiger partial charge in [-0.3, -0.25) is 4.98 Å². The van der Waals surface area contributed by atoms with Gasteiger partial charge in [-0.05, 0) is 36.1 Å². The third kappa shape index (κ3) is 3.24. The van der Waals surface area contributed by atoms with Crippen molar-refractivity contribution in [1.82, 2.24) is 14.6 Å². The summed E-state index contributed by atoms with van der Waals surface area (Å²) in [4.78, 5) is 16.9. The van der Waals surface area contributed by atoms with Crippen LogP contribution in [0.3, 0.4) is 0 Å². The van der Waals surface area contributed by atoms with Gasteiger partial charge < -0.3 is 10.6 Å². The smallest absolute Gasteiger partial charge is 0.319 e. The van der Waals surface area contributed by atoms with Gasteiger partial charge in [0.1, 0.15) is 0 Å². The predicted molar refractivity (Wildman–Crippen MR) is 110 cm³/mol. The molecule has 0 bridgehead atoms. The number of hydrogen-bond acceptors (Lipinski definition) is 4. The second-order valence-electron chi connectivity index (χ2n) is 7.49. The van der Waals surface area contributed by atoms with Crippen molar-refractivity contribution in [3.8, 4) is 0 Å². The highest BCUT2D eigenvalue weighted by molar-refractivity contribution is 7.89. The van der Waals surface area contributed by atoms with E-state index in [1.165, 1.54) is 4.31 Å². The molecule has 3 aromatic rings. The molecule has 0 spiro atoms. The number of pyridine rings is 1. The van der Waals surface area contributed by atoms with Gasteiger partial charge in [0.25, 0.3) is 0 Å². The molecule has 2 fully saturated rings. The number of aromatic nitrogens is 1. The Morgan fingerprint density at radius 2 is 1.76 bits per heavy atom. The summed E-state index contributed by atoms with van der Waals surface area (Å²) in [6.45, 7) is 0.875. The molecule has 2 amide bonds. The second-order valence-corrected chi connectivity index (χ2v) is 9.43. The van der Waals surface area contributed by atoms with Gasteiger partial charge >= 0.3 is 6.03 Å². The van der Waals surface area contributed by atoms with E-state index in [9.17, 15) is 13.2 Å². The van der Waals surface area contributed by atoms with Crippen molar-refractivity contribution in [1.29, 1.82) is 0 Å². The van der Waals surface area contributed by atoms with Crippen LogP contribution in [-0.4, -0.2) is 42.9 Å². The molecule has 2 unspecified atom stereocenters. The summed E-state index contributed by atoms with van der Waals surface area (Å²) < 4.78 is 27.0. The van der Waals surface area contributed by atoms with Crippen LogP contribution in [0.2, 0.25) is 0 Å². The average Bonchev–Trinajstić information content (AvgIpc) is 3.16. The SMILES string of the molecule is O=C(Nc1cccc2cnccc12)NC1C2CN(S(=O)(=O)c3ccccc3)CC21. The van der Waals surface area contributed by atoms with Gasteiger partial charge in [-0.25, -0.2) is 13.2 Å². The van der Waals surface area contributed by atoms with E-state index in [0.717, 1.165) is 16.5 Å². The van der Waals surface area contributed by atoms with E-state index in [-0.39, 0.29) is 23.9 Å². The number of benzene rings is 2. The van der Waals surface area contributed by atoms with Gasteiger partial charge in [-0.15, -0.1) is 0 Å². The Morgan fingerprint density at radius 1 is 1.00 bits per heavy atom. The molecule has 2 aromatic carbocycles. The number of fused-ring (bicyclic) bond motifs is 2. The van der Waals surface area contributed by atoms with E-state index >= 15 is 0 Å². The van der Waals surface area contributed by atoms with Crippen LogP contribution in [0.1, 0.15) is 0 Å². The zero-order valence-electron chi connectivity index (χ0n) is 15.5. The van der Waals surface area contributed by atoms with Crippen molar-refractivity contribution < 1.29 is 13.2 Å². The molecule has 1 aromatic heterocycles. The van der Waals surface area contributed by atoms with Gasteiger partial charge in [0.2, 0.25) is 10.0 Å².